The molecule has 1 aliphatic rings. The highest BCUT2D eigenvalue weighted by Gasteiger charge is 2.21. The largest absolute Gasteiger partial charge is 0.367 e. The van der Waals surface area contributed by atoms with Gasteiger partial charge in [-0.15, -0.1) is 0 Å². The van der Waals surface area contributed by atoms with Gasteiger partial charge in [-0.25, -0.2) is 4.39 Å². The van der Waals surface area contributed by atoms with Gasteiger partial charge in [-0.3, -0.25) is 9.69 Å². The molecule has 7 heteroatoms. The third-order valence-electron chi connectivity index (χ3n) is 4.69. The topological polar surface area (TPSA) is 62.5 Å². The molecule has 1 saturated heterocycles. The van der Waals surface area contributed by atoms with Crippen LogP contribution < -0.4 is 4.90 Å². The molecule has 2 heterocycles. The molecule has 1 aromatic carbocycles. The average molecular weight is 360 g/mol. The third-order valence-corrected chi connectivity index (χ3v) is 4.69. The molecular formula is C19H25FN4O2. The molecule has 0 spiro atoms. The number of nitrogens with zero attached hydrogens (tertiary/aromatic N) is 4. The van der Waals surface area contributed by atoms with Gasteiger partial charge in [0, 0.05) is 38.2 Å². The zero-order chi connectivity index (χ0) is 18.5. The van der Waals surface area contributed by atoms with E-state index in [1.807, 2.05) is 4.90 Å². The number of unbranched alkanes of at least 4 members (excludes halogenated alkanes) is 1. The summed E-state index contributed by atoms with van der Waals surface area (Å²) >= 11 is 0. The van der Waals surface area contributed by atoms with Gasteiger partial charge >= 0.3 is 0 Å². The van der Waals surface area contributed by atoms with Gasteiger partial charge in [0.05, 0.1) is 12.2 Å². The van der Waals surface area contributed by atoms with E-state index in [1.165, 1.54) is 13.0 Å². The minimum Gasteiger partial charge on any atom is -0.367 e. The summed E-state index contributed by atoms with van der Waals surface area (Å²) in [5, 5.41) is 4.02. The normalized spacial score (nSPS) is 15.4. The molecule has 1 fully saturated rings. The van der Waals surface area contributed by atoms with E-state index in [0.29, 0.717) is 36.8 Å². The van der Waals surface area contributed by atoms with Gasteiger partial charge < -0.3 is 9.42 Å². The first kappa shape index (κ1) is 18.5. The molecule has 26 heavy (non-hydrogen) atoms. The number of halogens is 1. The summed E-state index contributed by atoms with van der Waals surface area (Å²) in [6.07, 6.45) is 3.02. The van der Waals surface area contributed by atoms with Gasteiger partial charge in [0.1, 0.15) is 5.82 Å². The van der Waals surface area contributed by atoms with Crippen LogP contribution in [0.2, 0.25) is 0 Å². The first-order valence-electron chi connectivity index (χ1n) is 9.16. The van der Waals surface area contributed by atoms with E-state index in [2.05, 4.69) is 22.0 Å². The van der Waals surface area contributed by atoms with E-state index in [-0.39, 0.29) is 11.6 Å². The van der Waals surface area contributed by atoms with Crippen LogP contribution in [0.3, 0.4) is 0 Å². The average Bonchev–Trinajstić information content (AvgIpc) is 3.08. The maximum atomic E-state index is 14.3. The molecule has 3 rings (SSSR count). The Morgan fingerprint density at radius 2 is 2.04 bits per heavy atom. The van der Waals surface area contributed by atoms with E-state index in [0.717, 1.165) is 38.2 Å². The zero-order valence-corrected chi connectivity index (χ0v) is 15.4. The fourth-order valence-corrected chi connectivity index (χ4v) is 3.11. The Morgan fingerprint density at radius 1 is 1.27 bits per heavy atom. The fourth-order valence-electron chi connectivity index (χ4n) is 3.11. The van der Waals surface area contributed by atoms with Crippen molar-refractivity contribution in [2.24, 2.45) is 0 Å². The summed E-state index contributed by atoms with van der Waals surface area (Å²) in [4.78, 5) is 20.0. The fraction of sp³-hybridized carbons (Fsp3) is 0.526. The molecule has 0 bridgehead atoms. The van der Waals surface area contributed by atoms with Crippen LogP contribution in [0.25, 0.3) is 0 Å². The summed E-state index contributed by atoms with van der Waals surface area (Å²) in [5.41, 5.74) is 0.953. The second kappa shape index (κ2) is 8.40. The molecule has 140 valence electrons. The SMILES string of the molecule is CCCCc1noc(CN2CCN(c3ccc(C(C)=O)cc3F)CC2)n1. The Balaban J connectivity index is 1.54. The molecule has 0 saturated carbocycles. The van der Waals surface area contributed by atoms with E-state index in [9.17, 15) is 9.18 Å². The van der Waals surface area contributed by atoms with E-state index >= 15 is 0 Å². The van der Waals surface area contributed by atoms with Crippen LogP contribution in [0.1, 0.15) is 48.8 Å². The van der Waals surface area contributed by atoms with Crippen molar-refractivity contribution in [1.82, 2.24) is 15.0 Å². The highest BCUT2D eigenvalue weighted by atomic mass is 19.1. The third kappa shape index (κ3) is 4.46. The molecule has 0 amide bonds. The lowest BCUT2D eigenvalue weighted by molar-refractivity contribution is 0.101. The zero-order valence-electron chi connectivity index (χ0n) is 15.4. The van der Waals surface area contributed by atoms with Gasteiger partial charge in [-0.1, -0.05) is 18.5 Å². The van der Waals surface area contributed by atoms with Crippen molar-refractivity contribution in [3.63, 3.8) is 0 Å². The molecule has 0 radical (unpaired) electrons. The molecule has 0 aliphatic carbocycles. The van der Waals surface area contributed by atoms with Crippen molar-refractivity contribution in [2.45, 2.75) is 39.7 Å². The number of carbonyl (C=O) groups is 1. The second-order valence-corrected chi connectivity index (χ2v) is 6.69. The van der Waals surface area contributed by atoms with Crippen LogP contribution in [0.5, 0.6) is 0 Å². The molecule has 1 aliphatic heterocycles. The standard InChI is InChI=1S/C19H25FN4O2/c1-3-4-5-18-21-19(26-22-18)13-23-8-10-24(11-9-23)17-7-6-15(14(2)25)12-16(17)20/h6-7,12H,3-5,8-11,13H2,1-2H3. The quantitative estimate of drug-likeness (QED) is 0.707. The van der Waals surface area contributed by atoms with E-state index in [4.69, 9.17) is 4.52 Å². The van der Waals surface area contributed by atoms with Crippen LogP contribution in [0.4, 0.5) is 10.1 Å². The number of aromatic nitrogens is 2. The lowest BCUT2D eigenvalue weighted by Gasteiger charge is -2.35. The van der Waals surface area contributed by atoms with Crippen LogP contribution in [-0.4, -0.2) is 47.0 Å². The number of rotatable bonds is 7. The number of ketones is 1. The molecule has 0 N–H and O–H groups in total. The summed E-state index contributed by atoms with van der Waals surface area (Å²) < 4.78 is 19.6. The van der Waals surface area contributed by atoms with Gasteiger partial charge in [0.25, 0.3) is 0 Å². The van der Waals surface area contributed by atoms with Gasteiger partial charge in [-0.2, -0.15) is 4.98 Å². The number of piperazine rings is 1. The summed E-state index contributed by atoms with van der Waals surface area (Å²) in [7, 11) is 0. The lowest BCUT2D eigenvalue weighted by Crippen LogP contribution is -2.46. The number of Topliss-reactive ketones (excluding diaryl/α,β-unsaturated/α-hetero) is 1. The molecule has 0 unspecified atom stereocenters. The van der Waals surface area contributed by atoms with Gasteiger partial charge in [0.15, 0.2) is 11.6 Å². The predicted molar refractivity (Wildman–Crippen MR) is 96.8 cm³/mol. The highest BCUT2D eigenvalue weighted by molar-refractivity contribution is 5.94. The predicted octanol–water partition coefficient (Wildman–Crippen LogP) is 3.08. The van der Waals surface area contributed by atoms with E-state index in [1.54, 1.807) is 12.1 Å². The van der Waals surface area contributed by atoms with Gasteiger partial charge in [-0.05, 0) is 31.5 Å². The molecule has 2 aromatic rings. The summed E-state index contributed by atoms with van der Waals surface area (Å²) in [5.74, 6) is 0.941. The molecular weight excluding hydrogens is 335 g/mol. The van der Waals surface area contributed by atoms with Gasteiger partial charge in [0.2, 0.25) is 5.89 Å². The number of hydrogen-bond donors (Lipinski definition) is 0. The van der Waals surface area contributed by atoms with Crippen LogP contribution in [0, 0.1) is 5.82 Å². The van der Waals surface area contributed by atoms with Crippen LogP contribution in [-0.2, 0) is 13.0 Å². The van der Waals surface area contributed by atoms with E-state index < -0.39 is 0 Å². The number of hydrogen-bond acceptors (Lipinski definition) is 6. The minimum atomic E-state index is -0.344. The van der Waals surface area contributed by atoms with Crippen molar-refractivity contribution in [3.05, 3.63) is 41.3 Å². The Morgan fingerprint density at radius 3 is 2.69 bits per heavy atom. The first-order chi connectivity index (χ1) is 12.6. The second-order valence-electron chi connectivity index (χ2n) is 6.69. The Hall–Kier alpha value is -2.28. The van der Waals surface area contributed by atoms with Crippen molar-refractivity contribution in [2.75, 3.05) is 31.1 Å². The maximum Gasteiger partial charge on any atom is 0.240 e. The number of aryl methyl sites for hydroxylation is 1. The summed E-state index contributed by atoms with van der Waals surface area (Å²) in [6.45, 7) is 7.22. The smallest absolute Gasteiger partial charge is 0.240 e. The molecule has 6 nitrogen and oxygen atoms in total. The van der Waals surface area contributed by atoms with Crippen molar-refractivity contribution in [1.29, 1.82) is 0 Å². The van der Waals surface area contributed by atoms with Crippen molar-refractivity contribution in [3.8, 4) is 0 Å². The molecule has 1 aromatic heterocycles. The van der Waals surface area contributed by atoms with Crippen LogP contribution in [0.15, 0.2) is 22.7 Å². The Bertz CT molecular complexity index is 754. The summed E-state index contributed by atoms with van der Waals surface area (Å²) in [6, 6.07) is 4.70. The Labute approximate surface area is 153 Å². The number of benzene rings is 1. The highest BCUT2D eigenvalue weighted by Crippen LogP contribution is 2.22. The Kier molecular flexibility index (Phi) is 5.98. The monoisotopic (exact) mass is 360 g/mol. The maximum absolute atomic E-state index is 14.3. The number of anilines is 1. The van der Waals surface area contributed by atoms with Crippen molar-refractivity contribution < 1.29 is 13.7 Å². The lowest BCUT2D eigenvalue weighted by atomic mass is 10.1. The number of carbonyl (C=O) groups excluding carboxylic acids is 1. The van der Waals surface area contributed by atoms with Crippen LogP contribution >= 0.6 is 0 Å². The van der Waals surface area contributed by atoms with Crippen molar-refractivity contribution >= 4 is 11.5 Å². The first-order valence-corrected chi connectivity index (χ1v) is 9.16. The minimum absolute atomic E-state index is 0.127. The molecule has 0 atom stereocenters.